The topological polar surface area (TPSA) is 111 Å². The number of hydrogen-bond acceptors (Lipinski definition) is 7. The van der Waals surface area contributed by atoms with Crippen LogP contribution in [0.4, 0.5) is 17.3 Å². The molecule has 0 radical (unpaired) electrons. The van der Waals surface area contributed by atoms with Crippen LogP contribution in [0.1, 0.15) is 42.5 Å². The third kappa shape index (κ3) is 4.10. The van der Waals surface area contributed by atoms with Crippen LogP contribution in [-0.4, -0.2) is 59.5 Å². The molecule has 0 bridgehead atoms. The third-order valence-corrected chi connectivity index (χ3v) is 7.21. The van der Waals surface area contributed by atoms with Crippen molar-refractivity contribution in [2.24, 2.45) is 11.3 Å². The number of piperidine rings is 1. The molecule has 176 valence electrons. The average Bonchev–Trinajstić information content (AvgIpc) is 3.68. The van der Waals surface area contributed by atoms with Crippen molar-refractivity contribution in [2.45, 2.75) is 38.2 Å². The molecule has 2 amide bonds. The predicted molar refractivity (Wildman–Crippen MR) is 125 cm³/mol. The molecule has 0 spiro atoms. The Balaban J connectivity index is 1.24. The maximum atomic E-state index is 13.1. The number of aromatic nitrogens is 2. The number of rotatable bonds is 6. The SMILES string of the molecule is COC1CCN(C(=O)c2ccc(Nc3cc(N4CC[C@@](C#N)(C5CC5)C4=O)ccn3)nc2)CC1. The highest BCUT2D eigenvalue weighted by molar-refractivity contribution is 6.02. The quantitative estimate of drug-likeness (QED) is 0.705. The van der Waals surface area contributed by atoms with E-state index < -0.39 is 5.41 Å². The van der Waals surface area contributed by atoms with Crippen molar-refractivity contribution in [2.75, 3.05) is 37.0 Å². The Bertz CT molecular complexity index is 1120. The zero-order chi connectivity index (χ0) is 23.7. The maximum Gasteiger partial charge on any atom is 0.255 e. The molecule has 9 nitrogen and oxygen atoms in total. The van der Waals surface area contributed by atoms with Crippen LogP contribution in [0.2, 0.25) is 0 Å². The fourth-order valence-corrected chi connectivity index (χ4v) is 4.99. The van der Waals surface area contributed by atoms with Gasteiger partial charge in [-0.2, -0.15) is 5.26 Å². The van der Waals surface area contributed by atoms with E-state index in [0.29, 0.717) is 48.9 Å². The second-order valence-electron chi connectivity index (χ2n) is 9.25. The highest BCUT2D eigenvalue weighted by atomic mass is 16.5. The molecule has 0 unspecified atom stereocenters. The average molecular weight is 461 g/mol. The fourth-order valence-electron chi connectivity index (χ4n) is 4.99. The molecule has 2 aromatic heterocycles. The second kappa shape index (κ2) is 9.03. The van der Waals surface area contributed by atoms with Gasteiger partial charge in [0.25, 0.3) is 5.91 Å². The molecule has 5 rings (SSSR count). The molecular formula is C25H28N6O3. The molecule has 1 aliphatic carbocycles. The smallest absolute Gasteiger partial charge is 0.255 e. The van der Waals surface area contributed by atoms with Gasteiger partial charge in [0.1, 0.15) is 17.1 Å². The number of methoxy groups -OCH3 is 1. The molecule has 3 aliphatic rings. The number of ether oxygens (including phenoxy) is 1. The van der Waals surface area contributed by atoms with Gasteiger partial charge in [-0.3, -0.25) is 9.59 Å². The van der Waals surface area contributed by atoms with Gasteiger partial charge >= 0.3 is 0 Å². The lowest BCUT2D eigenvalue weighted by Crippen LogP contribution is -2.40. The van der Waals surface area contributed by atoms with Gasteiger partial charge in [-0.1, -0.05) is 0 Å². The standard InChI is InChI=1S/C25H28N6O3/c1-34-20-7-11-30(12-8-20)23(32)17-2-5-21(28-15-17)29-22-14-19(6-10-27-22)31-13-9-25(16-26,24(31)33)18-3-4-18/h2,5-6,10,14-15,18,20H,3-4,7-9,11-13H2,1H3,(H,27,28,29)/t25-/m1/s1. The maximum absolute atomic E-state index is 13.1. The van der Waals surface area contributed by atoms with Crippen LogP contribution in [0.25, 0.3) is 0 Å². The summed E-state index contributed by atoms with van der Waals surface area (Å²) in [6.07, 6.45) is 7.57. The monoisotopic (exact) mass is 460 g/mol. The van der Waals surface area contributed by atoms with Crippen LogP contribution in [0.3, 0.4) is 0 Å². The minimum atomic E-state index is -0.875. The molecule has 4 heterocycles. The molecule has 2 aromatic rings. The van der Waals surface area contributed by atoms with E-state index in [4.69, 9.17) is 4.74 Å². The summed E-state index contributed by atoms with van der Waals surface area (Å²) in [5.74, 6) is 1.14. The highest BCUT2D eigenvalue weighted by Gasteiger charge is 2.56. The Morgan fingerprint density at radius 2 is 1.94 bits per heavy atom. The van der Waals surface area contributed by atoms with Crippen molar-refractivity contribution in [1.29, 1.82) is 5.26 Å². The number of nitriles is 1. The Labute approximate surface area is 198 Å². The number of amides is 2. The van der Waals surface area contributed by atoms with Gasteiger partial charge in [-0.25, -0.2) is 9.97 Å². The van der Waals surface area contributed by atoms with Crippen LogP contribution in [-0.2, 0) is 9.53 Å². The van der Waals surface area contributed by atoms with Crippen molar-refractivity contribution in [3.8, 4) is 6.07 Å². The number of carbonyl (C=O) groups is 2. The Hall–Kier alpha value is -3.51. The first-order valence-corrected chi connectivity index (χ1v) is 11.8. The van der Waals surface area contributed by atoms with E-state index in [1.165, 1.54) is 0 Å². The minimum absolute atomic E-state index is 0.0297. The van der Waals surface area contributed by atoms with Crippen molar-refractivity contribution >= 4 is 29.1 Å². The normalized spacial score (nSPS) is 23.1. The Kier molecular flexibility index (Phi) is 5.92. The molecule has 3 fully saturated rings. The van der Waals surface area contributed by atoms with Crippen molar-refractivity contribution < 1.29 is 14.3 Å². The number of anilines is 3. The van der Waals surface area contributed by atoms with Crippen molar-refractivity contribution in [1.82, 2.24) is 14.9 Å². The summed E-state index contributed by atoms with van der Waals surface area (Å²) in [7, 11) is 1.71. The summed E-state index contributed by atoms with van der Waals surface area (Å²) in [5, 5.41) is 12.9. The van der Waals surface area contributed by atoms with Gasteiger partial charge in [0, 0.05) is 50.9 Å². The molecule has 9 heteroatoms. The summed E-state index contributed by atoms with van der Waals surface area (Å²) in [6.45, 7) is 1.89. The molecule has 34 heavy (non-hydrogen) atoms. The lowest BCUT2D eigenvalue weighted by molar-refractivity contribution is -0.123. The summed E-state index contributed by atoms with van der Waals surface area (Å²) in [5.41, 5.74) is 0.379. The van der Waals surface area contributed by atoms with E-state index in [-0.39, 0.29) is 23.8 Å². The molecule has 2 saturated heterocycles. The van der Waals surface area contributed by atoms with Gasteiger partial charge in [0.15, 0.2) is 0 Å². The van der Waals surface area contributed by atoms with E-state index in [1.807, 2.05) is 4.90 Å². The lowest BCUT2D eigenvalue weighted by atomic mass is 9.83. The summed E-state index contributed by atoms with van der Waals surface area (Å²) in [4.78, 5) is 38.1. The summed E-state index contributed by atoms with van der Waals surface area (Å²) >= 11 is 0. The van der Waals surface area contributed by atoms with Crippen LogP contribution < -0.4 is 10.2 Å². The predicted octanol–water partition coefficient (Wildman–Crippen LogP) is 3.13. The number of hydrogen-bond donors (Lipinski definition) is 1. The number of likely N-dealkylation sites (tertiary alicyclic amines) is 1. The Morgan fingerprint density at radius 3 is 2.59 bits per heavy atom. The Morgan fingerprint density at radius 1 is 1.15 bits per heavy atom. The summed E-state index contributed by atoms with van der Waals surface area (Å²) < 4.78 is 5.37. The lowest BCUT2D eigenvalue weighted by Gasteiger charge is -2.31. The fraction of sp³-hybridized carbons (Fsp3) is 0.480. The largest absolute Gasteiger partial charge is 0.381 e. The molecule has 1 N–H and O–H groups in total. The first kappa shape index (κ1) is 22.3. The van der Waals surface area contributed by atoms with Crippen molar-refractivity contribution in [3.63, 3.8) is 0 Å². The van der Waals surface area contributed by atoms with Gasteiger partial charge in [0.2, 0.25) is 5.91 Å². The van der Waals surface area contributed by atoms with Crippen LogP contribution in [0.15, 0.2) is 36.7 Å². The molecule has 1 atom stereocenters. The number of pyridine rings is 2. The molecule has 1 saturated carbocycles. The van der Waals surface area contributed by atoms with Crippen molar-refractivity contribution in [3.05, 3.63) is 42.2 Å². The zero-order valence-corrected chi connectivity index (χ0v) is 19.2. The first-order chi connectivity index (χ1) is 16.5. The molecular weight excluding hydrogens is 432 g/mol. The summed E-state index contributed by atoms with van der Waals surface area (Å²) in [6, 6.07) is 9.39. The molecule has 0 aromatic carbocycles. The van der Waals surface area contributed by atoms with E-state index >= 15 is 0 Å². The van der Waals surface area contributed by atoms with E-state index in [9.17, 15) is 14.9 Å². The van der Waals surface area contributed by atoms with Crippen LogP contribution >= 0.6 is 0 Å². The first-order valence-electron chi connectivity index (χ1n) is 11.8. The van der Waals surface area contributed by atoms with E-state index in [2.05, 4.69) is 21.4 Å². The second-order valence-corrected chi connectivity index (χ2v) is 9.25. The van der Waals surface area contributed by atoms with E-state index in [0.717, 1.165) is 25.7 Å². The highest BCUT2D eigenvalue weighted by Crippen LogP contribution is 2.51. The van der Waals surface area contributed by atoms with E-state index in [1.54, 1.807) is 48.7 Å². The number of carbonyl (C=O) groups excluding carboxylic acids is 2. The third-order valence-electron chi connectivity index (χ3n) is 7.21. The zero-order valence-electron chi connectivity index (χ0n) is 19.2. The van der Waals surface area contributed by atoms with Gasteiger partial charge < -0.3 is 19.9 Å². The molecule has 2 aliphatic heterocycles. The van der Waals surface area contributed by atoms with Crippen LogP contribution in [0, 0.1) is 22.7 Å². The van der Waals surface area contributed by atoms with Gasteiger partial charge in [-0.05, 0) is 56.2 Å². The van der Waals surface area contributed by atoms with Gasteiger partial charge in [-0.15, -0.1) is 0 Å². The van der Waals surface area contributed by atoms with Crippen LogP contribution in [0.5, 0.6) is 0 Å². The number of nitrogens with zero attached hydrogens (tertiary/aromatic N) is 5. The van der Waals surface area contributed by atoms with Gasteiger partial charge in [0.05, 0.1) is 17.7 Å². The minimum Gasteiger partial charge on any atom is -0.381 e. The number of nitrogens with one attached hydrogen (secondary N) is 1.